The lowest BCUT2D eigenvalue weighted by molar-refractivity contribution is -0.119. The molecule has 0 bridgehead atoms. The molecule has 0 atom stereocenters. The molecule has 1 N–H and O–H groups in total. The van der Waals surface area contributed by atoms with Gasteiger partial charge in [0.15, 0.2) is 0 Å². The lowest BCUT2D eigenvalue weighted by Gasteiger charge is -2.26. The quantitative estimate of drug-likeness (QED) is 0.345. The third kappa shape index (κ3) is 5.80. The van der Waals surface area contributed by atoms with E-state index in [1.54, 1.807) is 42.5 Å². The van der Waals surface area contributed by atoms with Crippen molar-refractivity contribution < 1.29 is 17.9 Å². The summed E-state index contributed by atoms with van der Waals surface area (Å²) in [5.74, 6) is 0.000456. The Morgan fingerprint density at radius 1 is 1.09 bits per heavy atom. The Bertz CT molecular complexity index is 1280. The smallest absolute Gasteiger partial charge is 0.264 e. The van der Waals surface area contributed by atoms with Crippen molar-refractivity contribution in [3.8, 4) is 5.75 Å². The Morgan fingerprint density at radius 2 is 1.82 bits per heavy atom. The zero-order chi connectivity index (χ0) is 24.0. The van der Waals surface area contributed by atoms with Gasteiger partial charge in [0.2, 0.25) is 0 Å². The summed E-state index contributed by atoms with van der Waals surface area (Å²) in [6.45, 7) is 3.28. The fraction of sp³-hybridized carbons (Fsp3) is 0.167. The summed E-state index contributed by atoms with van der Waals surface area (Å²) < 4.78 is 34.1. The largest absolute Gasteiger partial charge is 0.496 e. The van der Waals surface area contributed by atoms with Crippen LogP contribution >= 0.6 is 15.9 Å². The third-order valence-corrected chi connectivity index (χ3v) is 7.31. The number of anilines is 1. The van der Waals surface area contributed by atoms with Crippen molar-refractivity contribution in [1.82, 2.24) is 5.43 Å². The number of sulfonamides is 1. The van der Waals surface area contributed by atoms with Gasteiger partial charge in [-0.2, -0.15) is 5.10 Å². The van der Waals surface area contributed by atoms with Crippen LogP contribution in [0.25, 0.3) is 0 Å². The zero-order valence-electron chi connectivity index (χ0n) is 18.4. The number of carbonyl (C=O) groups excluding carboxylic acids is 1. The highest BCUT2D eigenvalue weighted by atomic mass is 79.9. The summed E-state index contributed by atoms with van der Waals surface area (Å²) in [6, 6.07) is 18.7. The fourth-order valence-electron chi connectivity index (χ4n) is 3.17. The van der Waals surface area contributed by atoms with E-state index in [1.807, 2.05) is 26.0 Å². The van der Waals surface area contributed by atoms with Crippen molar-refractivity contribution in [2.75, 3.05) is 18.0 Å². The first-order valence-corrected chi connectivity index (χ1v) is 12.3. The number of nitrogens with zero attached hydrogens (tertiary/aromatic N) is 2. The van der Waals surface area contributed by atoms with Crippen LogP contribution < -0.4 is 14.5 Å². The zero-order valence-corrected chi connectivity index (χ0v) is 20.9. The van der Waals surface area contributed by atoms with Gasteiger partial charge >= 0.3 is 0 Å². The molecule has 0 heterocycles. The lowest BCUT2D eigenvalue weighted by Crippen LogP contribution is -2.40. The van der Waals surface area contributed by atoms with E-state index in [-0.39, 0.29) is 4.90 Å². The van der Waals surface area contributed by atoms with Gasteiger partial charge in [-0.05, 0) is 61.4 Å². The number of amides is 1. The molecule has 172 valence electrons. The van der Waals surface area contributed by atoms with Gasteiger partial charge < -0.3 is 4.74 Å². The van der Waals surface area contributed by atoms with Gasteiger partial charge in [0.05, 0.1) is 23.9 Å². The maximum Gasteiger partial charge on any atom is 0.264 e. The molecule has 9 heteroatoms. The van der Waals surface area contributed by atoms with E-state index >= 15 is 0 Å². The number of hydrazone groups is 1. The van der Waals surface area contributed by atoms with Crippen LogP contribution in [0.1, 0.15) is 16.7 Å². The molecule has 0 aliphatic carbocycles. The molecule has 3 aromatic rings. The Hall–Kier alpha value is -3.17. The SMILES string of the molecule is COc1ccc(Br)cc1/C=N/NC(=O)CN(c1cccc(C)c1C)S(=O)(=O)c1ccccc1. The highest BCUT2D eigenvalue weighted by Gasteiger charge is 2.28. The van der Waals surface area contributed by atoms with Crippen molar-refractivity contribution in [2.24, 2.45) is 5.10 Å². The summed E-state index contributed by atoms with van der Waals surface area (Å²) >= 11 is 3.38. The highest BCUT2D eigenvalue weighted by molar-refractivity contribution is 9.10. The van der Waals surface area contributed by atoms with E-state index in [0.29, 0.717) is 17.0 Å². The number of halogens is 1. The van der Waals surface area contributed by atoms with Gasteiger partial charge in [0.25, 0.3) is 15.9 Å². The van der Waals surface area contributed by atoms with Crippen molar-refractivity contribution in [3.05, 3.63) is 87.9 Å². The van der Waals surface area contributed by atoms with Gasteiger partial charge in [0.1, 0.15) is 12.3 Å². The molecule has 0 fully saturated rings. The fourth-order valence-corrected chi connectivity index (χ4v) is 5.05. The molecule has 0 spiro atoms. The van der Waals surface area contributed by atoms with Gasteiger partial charge in [0, 0.05) is 10.0 Å². The van der Waals surface area contributed by atoms with E-state index in [4.69, 9.17) is 4.74 Å². The molecule has 7 nitrogen and oxygen atoms in total. The second-order valence-electron chi connectivity index (χ2n) is 7.22. The molecule has 33 heavy (non-hydrogen) atoms. The van der Waals surface area contributed by atoms with E-state index in [1.165, 1.54) is 25.5 Å². The minimum absolute atomic E-state index is 0.0982. The Morgan fingerprint density at radius 3 is 2.52 bits per heavy atom. The summed E-state index contributed by atoms with van der Waals surface area (Å²) in [5.41, 5.74) is 5.19. The molecule has 0 unspecified atom stereocenters. The topological polar surface area (TPSA) is 88.1 Å². The van der Waals surface area contributed by atoms with Crippen LogP contribution in [0.4, 0.5) is 5.69 Å². The second-order valence-corrected chi connectivity index (χ2v) is 10.0. The average Bonchev–Trinajstić information content (AvgIpc) is 2.80. The lowest BCUT2D eigenvalue weighted by atomic mass is 10.1. The number of nitrogens with one attached hydrogen (secondary N) is 1. The number of hydrogen-bond acceptors (Lipinski definition) is 5. The molecule has 0 aromatic heterocycles. The first-order valence-electron chi connectivity index (χ1n) is 10.0. The standard InChI is InChI=1S/C24H24BrN3O4S/c1-17-8-7-11-22(18(17)2)28(33(30,31)21-9-5-4-6-10-21)16-24(29)27-26-15-19-14-20(25)12-13-23(19)32-3/h4-15H,16H2,1-3H3,(H,27,29)/b26-15+. The van der Waals surface area contributed by atoms with Crippen LogP contribution in [0.2, 0.25) is 0 Å². The number of hydrogen-bond donors (Lipinski definition) is 1. The minimum Gasteiger partial charge on any atom is -0.496 e. The highest BCUT2D eigenvalue weighted by Crippen LogP contribution is 2.28. The number of benzene rings is 3. The van der Waals surface area contributed by atoms with E-state index in [9.17, 15) is 13.2 Å². The van der Waals surface area contributed by atoms with Gasteiger partial charge in [-0.25, -0.2) is 13.8 Å². The molecule has 1 amide bonds. The Labute approximate surface area is 202 Å². The van der Waals surface area contributed by atoms with Gasteiger partial charge in [-0.3, -0.25) is 9.10 Å². The monoisotopic (exact) mass is 529 g/mol. The predicted octanol–water partition coefficient (Wildman–Crippen LogP) is 4.42. The molecular formula is C24H24BrN3O4S. The van der Waals surface area contributed by atoms with E-state index < -0.39 is 22.5 Å². The van der Waals surface area contributed by atoms with Crippen LogP contribution in [-0.2, 0) is 14.8 Å². The Kier molecular flexibility index (Phi) is 7.88. The molecule has 0 saturated heterocycles. The van der Waals surface area contributed by atoms with Crippen LogP contribution in [0.5, 0.6) is 5.75 Å². The molecule has 3 aromatic carbocycles. The summed E-state index contributed by atoms with van der Waals surface area (Å²) in [7, 11) is -2.45. The van der Waals surface area contributed by atoms with Gasteiger partial charge in [-0.1, -0.05) is 46.3 Å². The van der Waals surface area contributed by atoms with E-state index in [0.717, 1.165) is 19.9 Å². The summed E-state index contributed by atoms with van der Waals surface area (Å²) in [4.78, 5) is 12.8. The maximum atomic E-state index is 13.4. The molecule has 0 aliphatic heterocycles. The van der Waals surface area contributed by atoms with Crippen molar-refractivity contribution in [2.45, 2.75) is 18.7 Å². The first kappa shape index (κ1) is 24.5. The number of aryl methyl sites for hydroxylation is 1. The van der Waals surface area contributed by atoms with Crippen LogP contribution in [0, 0.1) is 13.8 Å². The summed E-state index contributed by atoms with van der Waals surface area (Å²) in [6.07, 6.45) is 1.44. The number of ether oxygens (including phenoxy) is 1. The number of carbonyl (C=O) groups is 1. The number of methoxy groups -OCH3 is 1. The maximum absolute atomic E-state index is 13.4. The molecule has 0 saturated carbocycles. The van der Waals surface area contributed by atoms with Crippen LogP contribution in [-0.4, -0.2) is 34.2 Å². The molecule has 0 radical (unpaired) electrons. The Balaban J connectivity index is 1.89. The van der Waals surface area contributed by atoms with Crippen LogP contribution in [0.15, 0.2) is 81.2 Å². The molecular weight excluding hydrogens is 506 g/mol. The third-order valence-electron chi connectivity index (χ3n) is 5.05. The second kappa shape index (κ2) is 10.6. The average molecular weight is 530 g/mol. The van der Waals surface area contributed by atoms with Gasteiger partial charge in [-0.15, -0.1) is 0 Å². The van der Waals surface area contributed by atoms with Crippen molar-refractivity contribution in [3.63, 3.8) is 0 Å². The minimum atomic E-state index is -3.99. The predicted molar refractivity (Wildman–Crippen MR) is 133 cm³/mol. The number of rotatable bonds is 8. The van der Waals surface area contributed by atoms with Crippen LogP contribution in [0.3, 0.4) is 0 Å². The normalized spacial score (nSPS) is 11.4. The van der Waals surface area contributed by atoms with Crippen molar-refractivity contribution in [1.29, 1.82) is 0 Å². The molecule has 0 aliphatic rings. The first-order chi connectivity index (χ1) is 15.7. The molecule has 3 rings (SSSR count). The van der Waals surface area contributed by atoms with E-state index in [2.05, 4.69) is 26.5 Å². The van der Waals surface area contributed by atoms with Crippen molar-refractivity contribution >= 4 is 43.8 Å². The summed E-state index contributed by atoms with van der Waals surface area (Å²) in [5, 5.41) is 3.99.